The van der Waals surface area contributed by atoms with E-state index in [1.165, 1.54) is 11.8 Å². The lowest BCUT2D eigenvalue weighted by Gasteiger charge is -2.28. The lowest BCUT2D eigenvalue weighted by atomic mass is 9.98. The molecule has 1 aliphatic heterocycles. The summed E-state index contributed by atoms with van der Waals surface area (Å²) >= 11 is 0. The standard InChI is InChI=1S/C38H67N11O13/c1-4-20(2)30(38(61)62)48-34(57)25(13-14-29(52)53)45-33(56)24(11-6-8-16-40)44-35(58)26(18-28(42)51)47-31(54)21(3)43-32(55)23(10-5-7-15-39)46-36(59)27-12-9-17-49(27)37(60)22(41)19-50/h20-27,30,50H,4-19,39-41H2,1-3H3,(H2,42,51)(H,43,55)(H,44,58)(H,45,56)(H,46,59)(H,47,54)(H,48,57)(H,52,53)(H,61,62)/t20-,21-,22-,23-,24-,25-,26-,27-,30-/m0/s1. The third-order valence-electron chi connectivity index (χ3n) is 10.4. The summed E-state index contributed by atoms with van der Waals surface area (Å²) in [6, 6.07) is -10.8. The number of carboxylic acid groups (broad SMARTS) is 2. The van der Waals surface area contributed by atoms with Crippen LogP contribution in [0.15, 0.2) is 0 Å². The van der Waals surface area contributed by atoms with E-state index in [0.29, 0.717) is 32.1 Å². The van der Waals surface area contributed by atoms with Crippen LogP contribution in [-0.4, -0.2) is 154 Å². The van der Waals surface area contributed by atoms with Gasteiger partial charge in [-0.15, -0.1) is 0 Å². The van der Waals surface area contributed by atoms with Crippen LogP contribution in [-0.2, 0) is 47.9 Å². The highest BCUT2D eigenvalue weighted by atomic mass is 16.4. The molecule has 0 radical (unpaired) electrons. The number of nitrogens with one attached hydrogen (secondary N) is 6. The molecule has 0 aliphatic carbocycles. The predicted octanol–water partition coefficient (Wildman–Crippen LogP) is -4.65. The topological polar surface area (TPSA) is 411 Å². The van der Waals surface area contributed by atoms with E-state index in [0.717, 1.165) is 0 Å². The molecule has 1 aliphatic rings. The molecule has 0 saturated carbocycles. The van der Waals surface area contributed by atoms with Crippen molar-refractivity contribution in [2.75, 3.05) is 26.2 Å². The van der Waals surface area contributed by atoms with Crippen LogP contribution in [0.3, 0.4) is 0 Å². The largest absolute Gasteiger partial charge is 0.481 e. The molecular weight excluding hydrogens is 818 g/mol. The highest BCUT2D eigenvalue weighted by Crippen LogP contribution is 2.19. The second kappa shape index (κ2) is 28.2. The Hall–Kier alpha value is -5.46. The van der Waals surface area contributed by atoms with Crippen molar-refractivity contribution in [2.24, 2.45) is 28.9 Å². The van der Waals surface area contributed by atoms with Gasteiger partial charge in [-0.1, -0.05) is 20.3 Å². The summed E-state index contributed by atoms with van der Waals surface area (Å²) in [7, 11) is 0. The molecule has 352 valence electrons. The number of hydrogen-bond acceptors (Lipinski definition) is 14. The number of hydrogen-bond donors (Lipinski definition) is 13. The van der Waals surface area contributed by atoms with E-state index >= 15 is 0 Å². The Bertz CT molecular complexity index is 1570. The molecule has 1 saturated heterocycles. The van der Waals surface area contributed by atoms with Gasteiger partial charge in [0, 0.05) is 13.0 Å². The summed E-state index contributed by atoms with van der Waals surface area (Å²) in [5, 5.41) is 42.9. The molecule has 8 amide bonds. The number of carboxylic acids is 2. The molecule has 0 spiro atoms. The maximum atomic E-state index is 13.7. The van der Waals surface area contributed by atoms with Crippen molar-refractivity contribution in [3.63, 3.8) is 0 Å². The number of carbonyl (C=O) groups excluding carboxylic acids is 8. The van der Waals surface area contributed by atoms with E-state index in [9.17, 15) is 63.3 Å². The highest BCUT2D eigenvalue weighted by Gasteiger charge is 2.38. The number of unbranched alkanes of at least 4 members (excludes halogenated alkanes) is 2. The quantitative estimate of drug-likeness (QED) is 0.0302. The number of amides is 8. The SMILES string of the molecule is CC[C@H](C)[C@H](NC(=O)[C@H](CCC(=O)O)NC(=O)[C@H](CCCCN)NC(=O)[C@H](CC(N)=O)NC(=O)[C@H](C)NC(=O)[C@H](CCCCN)NC(=O)[C@@H]1CCCN1C(=O)[C@@H](N)CO)C(=O)O. The Labute approximate surface area is 360 Å². The van der Waals surface area contributed by atoms with Crippen LogP contribution in [0.1, 0.15) is 97.8 Å². The van der Waals surface area contributed by atoms with Crippen LogP contribution in [0.4, 0.5) is 0 Å². The van der Waals surface area contributed by atoms with Gasteiger partial charge >= 0.3 is 11.9 Å². The average molecular weight is 886 g/mol. The molecule has 17 N–H and O–H groups in total. The van der Waals surface area contributed by atoms with E-state index in [1.807, 2.05) is 0 Å². The van der Waals surface area contributed by atoms with Gasteiger partial charge in [0.2, 0.25) is 47.3 Å². The lowest BCUT2D eigenvalue weighted by molar-refractivity contribution is -0.144. The van der Waals surface area contributed by atoms with Crippen molar-refractivity contribution in [3.05, 3.63) is 0 Å². The number of aliphatic carboxylic acids is 2. The number of carbonyl (C=O) groups is 10. The molecule has 24 nitrogen and oxygen atoms in total. The summed E-state index contributed by atoms with van der Waals surface area (Å²) in [6.45, 7) is 4.62. The van der Waals surface area contributed by atoms with Crippen LogP contribution < -0.4 is 54.8 Å². The zero-order valence-electron chi connectivity index (χ0n) is 35.7. The minimum atomic E-state index is -1.70. The van der Waals surface area contributed by atoms with E-state index in [4.69, 9.17) is 22.9 Å². The van der Waals surface area contributed by atoms with Crippen LogP contribution in [0.25, 0.3) is 0 Å². The molecule has 62 heavy (non-hydrogen) atoms. The first-order valence-corrected chi connectivity index (χ1v) is 20.8. The summed E-state index contributed by atoms with van der Waals surface area (Å²) in [5.41, 5.74) is 22.3. The van der Waals surface area contributed by atoms with Crippen molar-refractivity contribution >= 4 is 59.2 Å². The Morgan fingerprint density at radius 2 is 1.19 bits per heavy atom. The van der Waals surface area contributed by atoms with E-state index in [2.05, 4.69) is 31.9 Å². The van der Waals surface area contributed by atoms with E-state index in [-0.39, 0.29) is 45.3 Å². The fourth-order valence-electron chi connectivity index (χ4n) is 6.49. The fraction of sp³-hybridized carbons (Fsp3) is 0.737. The minimum Gasteiger partial charge on any atom is -0.481 e. The van der Waals surface area contributed by atoms with Crippen LogP contribution >= 0.6 is 0 Å². The second-order valence-corrected chi connectivity index (χ2v) is 15.3. The average Bonchev–Trinajstić information content (AvgIpc) is 3.72. The first kappa shape index (κ1) is 54.6. The van der Waals surface area contributed by atoms with Crippen molar-refractivity contribution in [1.29, 1.82) is 0 Å². The van der Waals surface area contributed by atoms with E-state index in [1.54, 1.807) is 13.8 Å². The molecule has 24 heteroatoms. The molecular formula is C38H67N11O13. The second-order valence-electron chi connectivity index (χ2n) is 15.3. The third-order valence-corrected chi connectivity index (χ3v) is 10.4. The number of likely N-dealkylation sites (tertiary alicyclic amines) is 1. The number of primary amides is 1. The first-order chi connectivity index (χ1) is 29.2. The summed E-state index contributed by atoms with van der Waals surface area (Å²) in [5.74, 6) is -10.3. The summed E-state index contributed by atoms with van der Waals surface area (Å²) < 4.78 is 0. The molecule has 0 aromatic carbocycles. The normalized spacial score (nSPS) is 17.4. The molecule has 0 bridgehead atoms. The Morgan fingerprint density at radius 1 is 0.694 bits per heavy atom. The van der Waals surface area contributed by atoms with Gasteiger partial charge in [-0.3, -0.25) is 43.2 Å². The number of rotatable bonds is 30. The molecule has 9 atom stereocenters. The first-order valence-electron chi connectivity index (χ1n) is 20.8. The van der Waals surface area contributed by atoms with Crippen LogP contribution in [0, 0.1) is 5.92 Å². The van der Waals surface area contributed by atoms with Crippen molar-refractivity contribution in [1.82, 2.24) is 36.8 Å². The number of aliphatic hydroxyl groups is 1. The van der Waals surface area contributed by atoms with Gasteiger partial charge in [0.25, 0.3) is 0 Å². The maximum absolute atomic E-state index is 13.7. The number of aliphatic hydroxyl groups excluding tert-OH is 1. The minimum absolute atomic E-state index is 0.0748. The highest BCUT2D eigenvalue weighted by molar-refractivity contribution is 5.98. The molecule has 0 unspecified atom stereocenters. The third kappa shape index (κ3) is 18.7. The van der Waals surface area contributed by atoms with Gasteiger partial charge in [0.1, 0.15) is 48.3 Å². The smallest absolute Gasteiger partial charge is 0.326 e. The van der Waals surface area contributed by atoms with Crippen molar-refractivity contribution in [2.45, 2.75) is 146 Å². The zero-order valence-corrected chi connectivity index (χ0v) is 35.7. The van der Waals surface area contributed by atoms with Gasteiger partial charge in [-0.2, -0.15) is 0 Å². The van der Waals surface area contributed by atoms with Gasteiger partial charge in [0.05, 0.1) is 13.0 Å². The molecule has 0 aromatic rings. The monoisotopic (exact) mass is 885 g/mol. The molecule has 1 fully saturated rings. The predicted molar refractivity (Wildman–Crippen MR) is 221 cm³/mol. The maximum Gasteiger partial charge on any atom is 0.326 e. The summed E-state index contributed by atoms with van der Waals surface area (Å²) in [4.78, 5) is 130. The van der Waals surface area contributed by atoms with Gasteiger partial charge in [-0.05, 0) is 83.7 Å². The van der Waals surface area contributed by atoms with Gasteiger partial charge in [0.15, 0.2) is 0 Å². The van der Waals surface area contributed by atoms with E-state index < -0.39 is 139 Å². The molecule has 1 rings (SSSR count). The number of nitrogens with zero attached hydrogens (tertiary/aromatic N) is 1. The molecule has 0 aromatic heterocycles. The zero-order chi connectivity index (χ0) is 47.1. The molecule has 1 heterocycles. The Morgan fingerprint density at radius 3 is 1.69 bits per heavy atom. The lowest BCUT2D eigenvalue weighted by Crippen LogP contribution is -2.60. The number of nitrogens with two attached hydrogens (primary N) is 4. The van der Waals surface area contributed by atoms with Gasteiger partial charge < -0.3 is 75.1 Å². The fourth-order valence-corrected chi connectivity index (χ4v) is 6.49. The van der Waals surface area contributed by atoms with Crippen LogP contribution in [0.5, 0.6) is 0 Å². The van der Waals surface area contributed by atoms with Crippen molar-refractivity contribution in [3.8, 4) is 0 Å². The van der Waals surface area contributed by atoms with Crippen LogP contribution in [0.2, 0.25) is 0 Å². The van der Waals surface area contributed by atoms with Gasteiger partial charge in [-0.25, -0.2) is 4.79 Å². The summed E-state index contributed by atoms with van der Waals surface area (Å²) in [6.07, 6.45) is 0.874. The Balaban J connectivity index is 3.24. The Kier molecular flexibility index (Phi) is 24.8. The van der Waals surface area contributed by atoms with Crippen molar-refractivity contribution < 1.29 is 63.3 Å².